The van der Waals surface area contributed by atoms with E-state index >= 15 is 0 Å². The van der Waals surface area contributed by atoms with Crippen LogP contribution in [0, 0.1) is 50.9 Å². The van der Waals surface area contributed by atoms with E-state index in [1.165, 1.54) is 162 Å². The molecule has 5 N–H and O–H groups in total. The van der Waals surface area contributed by atoms with Crippen LogP contribution in [-0.4, -0.2) is 198 Å². The second-order valence-electron chi connectivity index (χ2n) is 38.7. The molecule has 0 aliphatic carbocycles. The first-order valence-electron chi connectivity index (χ1n) is 49.2. The summed E-state index contributed by atoms with van der Waals surface area (Å²) in [5, 5.41) is 50.1. The smallest absolute Gasteiger partial charge is 0.303 e. The van der Waals surface area contributed by atoms with Gasteiger partial charge in [-0.15, -0.1) is 47.0 Å². The summed E-state index contributed by atoms with van der Waals surface area (Å²) in [6.07, 6.45) is 13.3. The fraction of sp³-hybridized carbons (Fsp3) is 0.526. The number of ether oxygens (including phenoxy) is 10. The molecule has 8 aromatic rings. The predicted molar refractivity (Wildman–Crippen MR) is 574 cm³/mol. The van der Waals surface area contributed by atoms with E-state index in [-0.39, 0.29) is 68.7 Å². The van der Waals surface area contributed by atoms with Crippen LogP contribution in [0.2, 0.25) is 5.02 Å². The number of unbranched alkanes of at least 4 members (excludes halogenated alkanes) is 4. The largest absolute Gasteiger partial charge is 0.458 e. The number of thioether (sulfide) groups is 4. The summed E-state index contributed by atoms with van der Waals surface area (Å²) in [7, 11) is -3.39. The molecule has 0 aromatic heterocycles. The zero-order valence-electron chi connectivity index (χ0n) is 86.4. The van der Waals surface area contributed by atoms with E-state index in [1.54, 1.807) is 0 Å². The minimum absolute atomic E-state index is 0. The number of carbonyl (C=O) groups is 6. The van der Waals surface area contributed by atoms with Gasteiger partial charge in [0.1, 0.15) is 64.5 Å². The van der Waals surface area contributed by atoms with Gasteiger partial charge in [0, 0.05) is 77.5 Å². The molecule has 20 atom stereocenters. The minimum Gasteiger partial charge on any atom is -0.458 e. The van der Waals surface area contributed by atoms with Crippen LogP contribution in [0.3, 0.4) is 0 Å². The maximum absolute atomic E-state index is 11.9. The van der Waals surface area contributed by atoms with Crippen LogP contribution >= 0.6 is 58.6 Å². The zero-order valence-corrected chi connectivity index (χ0v) is 91.2. The van der Waals surface area contributed by atoms with E-state index in [0.717, 1.165) is 129 Å². The Bertz CT molecular complexity index is 5510. The fourth-order valence-electron chi connectivity index (χ4n) is 18.5. The minimum atomic E-state index is -3.39. The van der Waals surface area contributed by atoms with E-state index < -0.39 is 129 Å². The Kier molecular flexibility index (Phi) is 49.3. The average molecular weight is 2100 g/mol. The highest BCUT2D eigenvalue weighted by Crippen LogP contribution is 2.47. The first-order valence-corrected chi connectivity index (χ1v) is 56.5. The molecule has 0 amide bonds. The number of aryl methyl sites for hydroxylation is 7. The second kappa shape index (κ2) is 58.7. The van der Waals surface area contributed by atoms with E-state index in [9.17, 15) is 57.6 Å². The lowest BCUT2D eigenvalue weighted by Crippen LogP contribution is -2.52. The van der Waals surface area contributed by atoms with Crippen molar-refractivity contribution in [1.29, 1.82) is 0 Å². The monoisotopic (exact) mass is 2100 g/mol. The predicted octanol–water partition coefficient (Wildman–Crippen LogP) is 21.0. The Morgan fingerprint density at radius 1 is 0.361 bits per heavy atom. The third kappa shape index (κ3) is 36.6. The molecule has 0 radical (unpaired) electrons. The fourth-order valence-corrected chi connectivity index (χ4v) is 21.8. The van der Waals surface area contributed by atoms with Gasteiger partial charge in [0.05, 0.1) is 31.2 Å². The van der Waals surface area contributed by atoms with Gasteiger partial charge in [-0.25, -0.2) is 0 Å². The summed E-state index contributed by atoms with van der Waals surface area (Å²) in [5.41, 5.74) is 19.9. The topological polar surface area (TPSA) is 339 Å². The molecule has 4 aliphatic rings. The molecule has 790 valence electrons. The molecular weight excluding hydrogens is 1950 g/mol. The summed E-state index contributed by atoms with van der Waals surface area (Å²) in [5.74, 6) is -3.21. The Labute approximate surface area is 876 Å². The quantitative estimate of drug-likeness (QED) is 0.0103. The van der Waals surface area contributed by atoms with Gasteiger partial charge in [0.2, 0.25) is 0 Å². The van der Waals surface area contributed by atoms with E-state index in [2.05, 4.69) is 163 Å². The number of benzene rings is 8. The SMILES string of the molecule is C.CS[C@H]1O[C@@H](c2ccc(C)c(Cc3ccc(CCCCCC(C)(C)CO)cc3)c2)[C@H](O)[C@@H](O)[C@@H]1O.CS[C@H]1O[C@@H](c2ccc(C)c(Cc3ccc(CCCCO)cc3)c2)[C@H](C)[C@@H](OC(C)=O)[C@@H]1OC(C)=O.CS[C@H]1O[C@@H](c2ccc(C)c(Cc3ccc(CCCCOS(C)(=O)=O)cc3)c2)[C@H](C)[C@@H](OC(C)=O)[C@@H]1OC(C)=O.CS[C@H]1O[C@@H](c2ccc(C)c(Cc3ccc(Cl)cc3)c2)[C@H](C)[C@@H](OC(C)=O)[C@@H]1OC(C)=O. The summed E-state index contributed by atoms with van der Waals surface area (Å²) in [6.45, 7) is 27.3. The van der Waals surface area contributed by atoms with Crippen molar-refractivity contribution in [1.82, 2.24) is 0 Å². The Hall–Kier alpha value is -8.18. The number of aliphatic hydroxyl groups is 5. The van der Waals surface area contributed by atoms with Crippen LogP contribution in [0.5, 0.6) is 0 Å². The Balaban J connectivity index is 0.000000235. The van der Waals surface area contributed by atoms with Gasteiger partial charge in [-0.3, -0.25) is 33.0 Å². The van der Waals surface area contributed by atoms with Crippen LogP contribution in [0.4, 0.5) is 0 Å². The first kappa shape index (κ1) is 121. The molecule has 8 aromatic carbocycles. The van der Waals surface area contributed by atoms with Crippen molar-refractivity contribution in [3.8, 4) is 0 Å². The van der Waals surface area contributed by atoms with Crippen molar-refractivity contribution >= 4 is 105 Å². The molecule has 24 nitrogen and oxygen atoms in total. The van der Waals surface area contributed by atoms with E-state index in [4.69, 9.17) is 68.3 Å². The van der Waals surface area contributed by atoms with Crippen LogP contribution in [0.15, 0.2) is 170 Å². The van der Waals surface area contributed by atoms with Crippen molar-refractivity contribution in [3.05, 3.63) is 281 Å². The standard InChI is InChI=1S/C30H40O8S2.C29H38O6S.C29H42O5S.C25H29ClO5S.CH4/c1-19-10-15-25(27-20(2)28(36-21(3)31)29(37-22(4)32)30(38-27)39-5)18-26(19)17-24-13-11-23(12-14-24)9-7-8-16-35-40(6,33)34;1-18-9-14-24(17-25(18)16-23-12-10-22(11-13-23)8-6-7-15-30)26-19(2)27(33-20(3)31)28(34-21(4)32)29(35-26)36-5;1-19-9-14-22(27-25(32)24(31)26(33)28(34-27)35-4)17-23(19)16-21-12-10-20(11-13-21)8-6-5-7-15-29(2,3)18-30;1-14-6-9-19(13-20(14)12-18-7-10-21(26)11-8-18)22-15(2)23(29-16(3)27)24(30-17(4)28)25(31-22)32-5;/h10-15,18,20,27-30H,7-9,16-17H2,1-6H3;9-14,17,19,26-30H,6-8,15-16H2,1-5H3;9-14,17,24-28,30-33H,5-8,15-16,18H2,1-4H3;6-11,13,15,22-25H,12H2,1-5H3;1H4/t20-,27+,28+,29-,30+;19-,26+,27+,28-,29+;24-,25-,26+,27+,28-;15-,22+,23+,24-,25+;/m0010./s1. The molecule has 0 saturated carbocycles. The third-order valence-electron chi connectivity index (χ3n) is 26.6. The van der Waals surface area contributed by atoms with Crippen LogP contribution in [0.1, 0.15) is 265 Å². The van der Waals surface area contributed by atoms with Gasteiger partial charge in [-0.05, 0) is 259 Å². The van der Waals surface area contributed by atoms with Crippen molar-refractivity contribution in [3.63, 3.8) is 0 Å². The van der Waals surface area contributed by atoms with Gasteiger partial charge in [-0.2, -0.15) is 8.42 Å². The van der Waals surface area contributed by atoms with Crippen molar-refractivity contribution in [2.75, 3.05) is 51.1 Å². The molecule has 12 rings (SSSR count). The number of aliphatic hydroxyl groups excluding tert-OH is 5. The van der Waals surface area contributed by atoms with E-state index in [1.807, 2.05) is 94.3 Å². The Morgan fingerprint density at radius 3 is 0.917 bits per heavy atom. The first-order chi connectivity index (χ1) is 67.9. The summed E-state index contributed by atoms with van der Waals surface area (Å²) in [4.78, 5) is 70.9. The second-order valence-corrected chi connectivity index (χ2v) is 44.5. The summed E-state index contributed by atoms with van der Waals surface area (Å²) in [6, 6.07) is 58.7. The van der Waals surface area contributed by atoms with E-state index in [0.29, 0.717) is 11.4 Å². The van der Waals surface area contributed by atoms with Crippen molar-refractivity contribution in [2.24, 2.45) is 23.2 Å². The Morgan fingerprint density at radius 2 is 0.632 bits per heavy atom. The number of hydrogen-bond donors (Lipinski definition) is 5. The number of carbonyl (C=O) groups excluding carboxylic acids is 6. The van der Waals surface area contributed by atoms with Crippen molar-refractivity contribution < 1.29 is 114 Å². The molecule has 4 aliphatic heterocycles. The van der Waals surface area contributed by atoms with Crippen LogP contribution in [0.25, 0.3) is 0 Å². The lowest BCUT2D eigenvalue weighted by atomic mass is 9.85. The lowest BCUT2D eigenvalue weighted by Gasteiger charge is -2.44. The lowest BCUT2D eigenvalue weighted by molar-refractivity contribution is -0.208. The summed E-state index contributed by atoms with van der Waals surface area (Å²) >= 11 is 11.6. The number of halogens is 1. The normalized spacial score (nSPS) is 24.0. The molecule has 4 heterocycles. The highest BCUT2D eigenvalue weighted by molar-refractivity contribution is 7.99. The van der Waals surface area contributed by atoms with Crippen LogP contribution in [-0.2, 0) is 135 Å². The van der Waals surface area contributed by atoms with Gasteiger partial charge in [0.25, 0.3) is 10.1 Å². The highest BCUT2D eigenvalue weighted by Gasteiger charge is 2.52. The van der Waals surface area contributed by atoms with Crippen molar-refractivity contribution in [2.45, 2.75) is 309 Å². The average Bonchev–Trinajstić information content (AvgIpc) is 0.780. The molecule has 30 heteroatoms. The van der Waals surface area contributed by atoms with Gasteiger partial charge < -0.3 is 72.9 Å². The maximum atomic E-state index is 11.9. The number of rotatable bonds is 39. The van der Waals surface area contributed by atoms with Gasteiger partial charge in [-0.1, -0.05) is 224 Å². The maximum Gasteiger partial charge on any atom is 0.303 e. The molecule has 0 unspecified atom stereocenters. The zero-order chi connectivity index (χ0) is 105. The van der Waals surface area contributed by atoms with Crippen LogP contribution < -0.4 is 0 Å². The number of hydrogen-bond acceptors (Lipinski definition) is 28. The molecule has 4 fully saturated rings. The number of esters is 6. The molecule has 144 heavy (non-hydrogen) atoms. The molecule has 0 spiro atoms. The van der Waals surface area contributed by atoms with Gasteiger partial charge in [0.15, 0.2) is 18.3 Å². The molecular formula is C114H153ClO24S5. The molecule has 4 saturated heterocycles. The summed E-state index contributed by atoms with van der Waals surface area (Å²) < 4.78 is 85.8. The highest BCUT2D eigenvalue weighted by atomic mass is 35.5. The molecule has 0 bridgehead atoms. The third-order valence-corrected chi connectivity index (χ3v) is 30.8. The van der Waals surface area contributed by atoms with Gasteiger partial charge >= 0.3 is 35.8 Å².